The van der Waals surface area contributed by atoms with Crippen LogP contribution in [0.5, 0.6) is 11.5 Å². The molecule has 0 amide bonds. The van der Waals surface area contributed by atoms with Crippen molar-refractivity contribution in [3.05, 3.63) is 47.7 Å². The maximum absolute atomic E-state index is 9.37. The van der Waals surface area contributed by atoms with Crippen LogP contribution in [0.4, 0.5) is 5.82 Å². The van der Waals surface area contributed by atoms with Crippen LogP contribution in [-0.4, -0.2) is 24.7 Å². The van der Waals surface area contributed by atoms with E-state index in [0.717, 1.165) is 43.1 Å². The summed E-state index contributed by atoms with van der Waals surface area (Å²) < 4.78 is 11.5. The summed E-state index contributed by atoms with van der Waals surface area (Å²) in [6.45, 7) is 2.29. The molecule has 1 aromatic heterocycles. The van der Waals surface area contributed by atoms with Crippen LogP contribution in [-0.2, 0) is 0 Å². The summed E-state index contributed by atoms with van der Waals surface area (Å²) in [6, 6.07) is 12.3. The summed E-state index contributed by atoms with van der Waals surface area (Å²) in [5.41, 5.74) is 1.81. The van der Waals surface area contributed by atoms with Gasteiger partial charge in [-0.1, -0.05) is 6.07 Å². The van der Waals surface area contributed by atoms with Crippen LogP contribution in [0.25, 0.3) is 0 Å². The van der Waals surface area contributed by atoms with Crippen LogP contribution in [0.15, 0.2) is 36.5 Å². The molecular weight excluding hydrogens is 302 g/mol. The van der Waals surface area contributed by atoms with Crippen LogP contribution >= 0.6 is 0 Å². The number of ether oxygens (including phenoxy) is 2. The quantitative estimate of drug-likeness (QED) is 0.848. The number of nitrogens with zero attached hydrogens (tertiary/aromatic N) is 3. The minimum atomic E-state index is 0.212. The first-order valence-corrected chi connectivity index (χ1v) is 8.38. The van der Waals surface area contributed by atoms with Gasteiger partial charge in [-0.2, -0.15) is 5.26 Å². The molecule has 1 fully saturated rings. The van der Waals surface area contributed by atoms with E-state index in [1.165, 1.54) is 5.56 Å². The smallest absolute Gasteiger partial charge is 0.161 e. The van der Waals surface area contributed by atoms with Crippen LogP contribution < -0.4 is 14.4 Å². The number of rotatable bonds is 2. The fraction of sp³-hybridized carbons (Fsp3) is 0.368. The SMILES string of the molecule is N#Cc1cccnc1N1CCCC1c1ccc2c(c1)OCCCO2. The molecule has 0 aliphatic carbocycles. The molecule has 5 heteroatoms. The summed E-state index contributed by atoms with van der Waals surface area (Å²) in [7, 11) is 0. The molecule has 0 radical (unpaired) electrons. The molecule has 0 spiro atoms. The highest BCUT2D eigenvalue weighted by molar-refractivity contribution is 5.56. The van der Waals surface area contributed by atoms with Crippen molar-refractivity contribution in [2.45, 2.75) is 25.3 Å². The molecule has 1 aromatic carbocycles. The zero-order valence-corrected chi connectivity index (χ0v) is 13.4. The third kappa shape index (κ3) is 2.65. The fourth-order valence-electron chi connectivity index (χ4n) is 3.47. The number of fused-ring (bicyclic) bond motifs is 1. The summed E-state index contributed by atoms with van der Waals surface area (Å²) in [5, 5.41) is 9.37. The van der Waals surface area contributed by atoms with Crippen LogP contribution in [0.3, 0.4) is 0 Å². The van der Waals surface area contributed by atoms with Gasteiger partial charge < -0.3 is 14.4 Å². The lowest BCUT2D eigenvalue weighted by Gasteiger charge is -2.27. The van der Waals surface area contributed by atoms with E-state index in [2.05, 4.69) is 28.1 Å². The number of nitriles is 1. The Morgan fingerprint density at radius 2 is 2.00 bits per heavy atom. The second-order valence-electron chi connectivity index (χ2n) is 6.09. The van der Waals surface area contributed by atoms with E-state index >= 15 is 0 Å². The van der Waals surface area contributed by atoms with Crippen LogP contribution in [0, 0.1) is 11.3 Å². The van der Waals surface area contributed by atoms with E-state index in [1.807, 2.05) is 12.1 Å². The lowest BCUT2D eigenvalue weighted by molar-refractivity contribution is 0.297. The number of pyridine rings is 1. The number of aromatic nitrogens is 1. The third-order valence-electron chi connectivity index (χ3n) is 4.59. The molecule has 5 nitrogen and oxygen atoms in total. The second kappa shape index (κ2) is 6.40. The Morgan fingerprint density at radius 3 is 2.88 bits per heavy atom. The normalized spacial score (nSPS) is 19.6. The Kier molecular flexibility index (Phi) is 3.96. The van der Waals surface area contributed by atoms with Gasteiger partial charge in [0.2, 0.25) is 0 Å². The molecule has 1 saturated heterocycles. The van der Waals surface area contributed by atoms with Gasteiger partial charge in [-0.15, -0.1) is 0 Å². The molecule has 122 valence electrons. The van der Waals surface area contributed by atoms with Crippen molar-refractivity contribution in [3.8, 4) is 17.6 Å². The van der Waals surface area contributed by atoms with Gasteiger partial charge in [0, 0.05) is 19.2 Å². The molecule has 0 saturated carbocycles. The van der Waals surface area contributed by atoms with Gasteiger partial charge >= 0.3 is 0 Å². The van der Waals surface area contributed by atoms with Crippen molar-refractivity contribution in [1.29, 1.82) is 5.26 Å². The van der Waals surface area contributed by atoms with E-state index in [9.17, 15) is 5.26 Å². The average molecular weight is 321 g/mol. The molecule has 3 heterocycles. The minimum absolute atomic E-state index is 0.212. The Morgan fingerprint density at radius 1 is 1.12 bits per heavy atom. The van der Waals surface area contributed by atoms with Gasteiger partial charge in [0.1, 0.15) is 11.9 Å². The Hall–Kier alpha value is -2.74. The van der Waals surface area contributed by atoms with Crippen LogP contribution in [0.2, 0.25) is 0 Å². The van der Waals surface area contributed by atoms with E-state index < -0.39 is 0 Å². The van der Waals surface area contributed by atoms with E-state index in [4.69, 9.17) is 9.47 Å². The lowest BCUT2D eigenvalue weighted by atomic mass is 10.0. The standard InChI is InChI=1S/C19H19N3O2/c20-13-15-4-1-8-21-19(15)22-9-2-5-16(22)14-6-7-17-18(12-14)24-11-3-10-23-17/h1,4,6-8,12,16H,2-3,5,9-11H2. The molecule has 0 N–H and O–H groups in total. The van der Waals surface area contributed by atoms with Gasteiger partial charge in [0.15, 0.2) is 11.5 Å². The van der Waals surface area contributed by atoms with Crippen molar-refractivity contribution in [2.24, 2.45) is 0 Å². The molecule has 2 aliphatic heterocycles. The molecular formula is C19H19N3O2. The Labute approximate surface area is 141 Å². The van der Waals surface area contributed by atoms with Gasteiger partial charge in [0.05, 0.1) is 24.8 Å². The largest absolute Gasteiger partial charge is 0.490 e. The highest BCUT2D eigenvalue weighted by Gasteiger charge is 2.29. The van der Waals surface area contributed by atoms with E-state index in [0.29, 0.717) is 18.8 Å². The number of hydrogen-bond acceptors (Lipinski definition) is 5. The lowest BCUT2D eigenvalue weighted by Crippen LogP contribution is -2.24. The highest BCUT2D eigenvalue weighted by Crippen LogP contribution is 2.40. The molecule has 4 rings (SSSR count). The topological polar surface area (TPSA) is 58.4 Å². The fourth-order valence-corrected chi connectivity index (χ4v) is 3.47. The predicted molar refractivity (Wildman–Crippen MR) is 90.3 cm³/mol. The highest BCUT2D eigenvalue weighted by atomic mass is 16.5. The third-order valence-corrected chi connectivity index (χ3v) is 4.59. The molecule has 2 aliphatic rings. The number of anilines is 1. The van der Waals surface area contributed by atoms with Gasteiger partial charge in [0.25, 0.3) is 0 Å². The monoisotopic (exact) mass is 321 g/mol. The first kappa shape index (κ1) is 14.8. The summed E-state index contributed by atoms with van der Waals surface area (Å²) >= 11 is 0. The van der Waals surface area contributed by atoms with E-state index in [-0.39, 0.29) is 6.04 Å². The van der Waals surface area contributed by atoms with Gasteiger partial charge in [-0.25, -0.2) is 4.98 Å². The number of benzene rings is 1. The van der Waals surface area contributed by atoms with E-state index in [1.54, 1.807) is 12.3 Å². The predicted octanol–water partition coefficient (Wildman–Crippen LogP) is 3.46. The van der Waals surface area contributed by atoms with Crippen molar-refractivity contribution in [3.63, 3.8) is 0 Å². The van der Waals surface area contributed by atoms with Gasteiger partial charge in [-0.05, 0) is 42.7 Å². The zero-order valence-electron chi connectivity index (χ0n) is 13.4. The van der Waals surface area contributed by atoms with Gasteiger partial charge in [-0.3, -0.25) is 0 Å². The maximum atomic E-state index is 9.37. The van der Waals surface area contributed by atoms with Crippen molar-refractivity contribution < 1.29 is 9.47 Å². The maximum Gasteiger partial charge on any atom is 0.161 e. The van der Waals surface area contributed by atoms with Crippen LogP contribution in [0.1, 0.15) is 36.4 Å². The van der Waals surface area contributed by atoms with Crippen molar-refractivity contribution in [1.82, 2.24) is 4.98 Å². The summed E-state index contributed by atoms with van der Waals surface area (Å²) in [5.74, 6) is 2.41. The zero-order chi connectivity index (χ0) is 16.4. The summed E-state index contributed by atoms with van der Waals surface area (Å²) in [4.78, 5) is 6.69. The Balaban J connectivity index is 1.68. The molecule has 24 heavy (non-hydrogen) atoms. The average Bonchev–Trinajstić information content (AvgIpc) is 3.00. The Bertz CT molecular complexity index is 784. The molecule has 2 aromatic rings. The number of hydrogen-bond donors (Lipinski definition) is 0. The first-order chi connectivity index (χ1) is 11.9. The summed E-state index contributed by atoms with van der Waals surface area (Å²) in [6.07, 6.45) is 4.78. The second-order valence-corrected chi connectivity index (χ2v) is 6.09. The molecule has 0 bridgehead atoms. The van der Waals surface area contributed by atoms with Crippen molar-refractivity contribution >= 4 is 5.82 Å². The molecule has 1 unspecified atom stereocenters. The first-order valence-electron chi connectivity index (χ1n) is 8.38. The minimum Gasteiger partial charge on any atom is -0.490 e. The molecule has 1 atom stereocenters. The van der Waals surface area contributed by atoms with Crippen molar-refractivity contribution in [2.75, 3.05) is 24.7 Å².